The largest absolute Gasteiger partial charge is 0.379 e. The Balaban J connectivity index is 1.60. The van der Waals surface area contributed by atoms with Gasteiger partial charge in [0.1, 0.15) is 24.2 Å². The molecule has 326 valence electrons. The van der Waals surface area contributed by atoms with Gasteiger partial charge in [0.15, 0.2) is 0 Å². The Morgan fingerprint density at radius 2 is 1.51 bits per heavy atom. The highest BCUT2D eigenvalue weighted by molar-refractivity contribution is 5.96. The molecule has 7 atom stereocenters. The molecule has 9 N–H and O–H groups in total. The Morgan fingerprint density at radius 1 is 0.842 bits per heavy atom. The number of nitrogens with two attached hydrogens (primary N) is 2. The summed E-state index contributed by atoms with van der Waals surface area (Å²) in [6.07, 6.45) is 14.4. The monoisotopic (exact) mass is 805 g/mol. The van der Waals surface area contributed by atoms with Crippen LogP contribution >= 0.6 is 0 Å². The lowest BCUT2D eigenvalue weighted by Gasteiger charge is -2.55. The zero-order chi connectivity index (χ0) is 41.4. The van der Waals surface area contributed by atoms with E-state index in [4.69, 9.17) is 20.9 Å². The number of likely N-dealkylation sites (N-methyl/N-ethyl adjacent to an activating group) is 1. The maximum Gasteiger partial charge on any atom is 0.245 e. The summed E-state index contributed by atoms with van der Waals surface area (Å²) in [5.41, 5.74) is 12.1. The molecule has 0 radical (unpaired) electrons. The van der Waals surface area contributed by atoms with E-state index in [9.17, 15) is 24.0 Å². The van der Waals surface area contributed by atoms with Crippen LogP contribution in [0.1, 0.15) is 124 Å². The molecule has 0 aromatic carbocycles. The normalized spacial score (nSPS) is 30.5. The maximum atomic E-state index is 14.3. The van der Waals surface area contributed by atoms with E-state index < -0.39 is 65.9 Å². The molecule has 3 saturated carbocycles. The van der Waals surface area contributed by atoms with Gasteiger partial charge in [-0.05, 0) is 108 Å². The van der Waals surface area contributed by atoms with Crippen molar-refractivity contribution in [3.63, 3.8) is 0 Å². The molecule has 3 aliphatic carbocycles. The van der Waals surface area contributed by atoms with Gasteiger partial charge in [-0.2, -0.15) is 0 Å². The van der Waals surface area contributed by atoms with E-state index in [1.165, 1.54) is 24.2 Å². The van der Waals surface area contributed by atoms with Crippen molar-refractivity contribution in [2.45, 2.75) is 160 Å². The van der Waals surface area contributed by atoms with Crippen molar-refractivity contribution < 1.29 is 33.4 Å². The summed E-state index contributed by atoms with van der Waals surface area (Å²) in [4.78, 5) is 71.9. The molecule has 57 heavy (non-hydrogen) atoms. The fourth-order valence-corrected chi connectivity index (χ4v) is 9.31. The minimum Gasteiger partial charge on any atom is -0.379 e. The summed E-state index contributed by atoms with van der Waals surface area (Å²) in [5.74, 6) is -2.46. The van der Waals surface area contributed by atoms with Crippen LogP contribution in [0.15, 0.2) is 0 Å². The molecule has 4 fully saturated rings. The van der Waals surface area contributed by atoms with E-state index in [2.05, 4.69) is 26.6 Å². The number of carbonyl (C=O) groups is 5. The minimum absolute atomic E-state index is 0.0946. The predicted molar refractivity (Wildman–Crippen MR) is 220 cm³/mol. The van der Waals surface area contributed by atoms with Gasteiger partial charge >= 0.3 is 0 Å². The molecule has 1 saturated heterocycles. The molecule has 15 nitrogen and oxygen atoms in total. The first-order chi connectivity index (χ1) is 27.4. The number of hydrogen-bond acceptors (Lipinski definition) is 10. The molecule has 1 spiro atoms. The van der Waals surface area contributed by atoms with Gasteiger partial charge in [-0.3, -0.25) is 24.0 Å². The molecule has 5 amide bonds. The van der Waals surface area contributed by atoms with E-state index in [-0.39, 0.29) is 31.6 Å². The predicted octanol–water partition coefficient (Wildman–Crippen LogP) is 1.85. The molecular formula is C42H76N8O7. The highest BCUT2D eigenvalue weighted by atomic mass is 16.5. The summed E-state index contributed by atoms with van der Waals surface area (Å²) in [6, 6.07) is -4.45. The molecule has 0 aromatic rings. The zero-order valence-electron chi connectivity index (χ0n) is 35.4. The van der Waals surface area contributed by atoms with Crippen LogP contribution in [-0.2, 0) is 33.4 Å². The Hall–Kier alpha value is -2.85. The minimum atomic E-state index is -1.17. The van der Waals surface area contributed by atoms with Crippen LogP contribution < -0.4 is 38.1 Å². The highest BCUT2D eigenvalue weighted by Crippen LogP contribution is 2.60. The lowest BCUT2D eigenvalue weighted by molar-refractivity contribution is -0.148. The maximum absolute atomic E-state index is 14.3. The number of nitrogens with one attached hydrogen (secondary N) is 5. The van der Waals surface area contributed by atoms with Crippen molar-refractivity contribution in [3.05, 3.63) is 0 Å². The van der Waals surface area contributed by atoms with Crippen LogP contribution in [0.4, 0.5) is 0 Å². The van der Waals surface area contributed by atoms with Crippen LogP contribution in [0.25, 0.3) is 0 Å². The second-order valence-corrected chi connectivity index (χ2v) is 17.6. The Labute approximate surface area is 341 Å². The standard InChI is InChI=1S/C42H76N8O7/c1-5-13-34-39(53)49-36(31-14-8-6-7-9-15-31)40(54)47-32(25-44)37(51)48-33(27-56-21-12-20-45-19-11-18-43)38(52)46-28(2)26-57-35(29(3)41(55)50(34)4)22-30-23-42(24-30)16-10-17-42/h28-36,45H,5-27,43-44H2,1-4H3,(H,46,52)(H,47,54)(H,48,51)(H,49,53)/t28-,29-,32+,33+,34+,35-,36+/m1/s1. The number of nitrogens with zero attached hydrogens (tertiary/aromatic N) is 1. The molecule has 4 aliphatic rings. The van der Waals surface area contributed by atoms with E-state index in [1.807, 2.05) is 20.8 Å². The SMILES string of the molecule is CCC[C@H]1C(=O)N[C@@H](C2CCCCCC2)C(=O)N[C@@H](CN)C(=O)N[C@@H](COCCCNCCCN)C(=O)N[C@H](C)CO[C@H](CC2CC3(CCC3)C2)[C@@H](C)C(=O)N1C. The Morgan fingerprint density at radius 3 is 2.14 bits per heavy atom. The Bertz CT molecular complexity index is 1280. The number of carbonyl (C=O) groups excluding carboxylic acids is 5. The zero-order valence-corrected chi connectivity index (χ0v) is 35.4. The fourth-order valence-electron chi connectivity index (χ4n) is 9.31. The number of hydrogen-bond donors (Lipinski definition) is 7. The van der Waals surface area contributed by atoms with Crippen molar-refractivity contribution >= 4 is 29.5 Å². The molecule has 0 bridgehead atoms. The summed E-state index contributed by atoms with van der Waals surface area (Å²) in [6.45, 7) is 7.99. The van der Waals surface area contributed by atoms with Gasteiger partial charge in [0.25, 0.3) is 0 Å². The van der Waals surface area contributed by atoms with Crippen molar-refractivity contribution in [2.75, 3.05) is 53.0 Å². The van der Waals surface area contributed by atoms with Crippen molar-refractivity contribution in [1.82, 2.24) is 31.5 Å². The number of ether oxygens (including phenoxy) is 2. The van der Waals surface area contributed by atoms with Crippen LogP contribution in [0, 0.1) is 23.2 Å². The van der Waals surface area contributed by atoms with Crippen molar-refractivity contribution in [1.29, 1.82) is 0 Å². The lowest BCUT2D eigenvalue weighted by Crippen LogP contribution is -2.62. The quantitative estimate of drug-likeness (QED) is 0.0942. The van der Waals surface area contributed by atoms with Crippen LogP contribution in [-0.4, -0.2) is 124 Å². The van der Waals surface area contributed by atoms with Crippen LogP contribution in [0.5, 0.6) is 0 Å². The van der Waals surface area contributed by atoms with Crippen molar-refractivity contribution in [3.8, 4) is 0 Å². The molecule has 15 heteroatoms. The molecule has 4 rings (SSSR count). The van der Waals surface area contributed by atoms with Gasteiger partial charge in [-0.1, -0.05) is 52.4 Å². The number of rotatable bonds is 15. The Kier molecular flexibility index (Phi) is 19.4. The third-order valence-corrected chi connectivity index (χ3v) is 12.9. The summed E-state index contributed by atoms with van der Waals surface area (Å²) in [7, 11) is 1.67. The first kappa shape index (κ1) is 46.8. The van der Waals surface area contributed by atoms with Gasteiger partial charge in [-0.25, -0.2) is 0 Å². The fraction of sp³-hybridized carbons (Fsp3) is 0.881. The molecule has 0 aromatic heterocycles. The van der Waals surface area contributed by atoms with E-state index in [1.54, 1.807) is 7.05 Å². The van der Waals surface area contributed by atoms with Gasteiger partial charge < -0.3 is 52.4 Å². The van der Waals surface area contributed by atoms with E-state index >= 15 is 0 Å². The van der Waals surface area contributed by atoms with Gasteiger partial charge in [0.2, 0.25) is 29.5 Å². The van der Waals surface area contributed by atoms with Crippen molar-refractivity contribution in [2.24, 2.45) is 34.6 Å². The van der Waals surface area contributed by atoms with E-state index in [0.717, 1.165) is 70.9 Å². The van der Waals surface area contributed by atoms with Gasteiger partial charge in [-0.15, -0.1) is 0 Å². The first-order valence-electron chi connectivity index (χ1n) is 22.2. The number of amides is 5. The van der Waals surface area contributed by atoms with Crippen LogP contribution in [0.3, 0.4) is 0 Å². The highest BCUT2D eigenvalue weighted by Gasteiger charge is 2.49. The van der Waals surface area contributed by atoms with E-state index in [0.29, 0.717) is 50.2 Å². The summed E-state index contributed by atoms with van der Waals surface area (Å²) in [5, 5.41) is 14.9. The average Bonchev–Trinajstić information content (AvgIpc) is 3.45. The third kappa shape index (κ3) is 13.9. The molecule has 1 aliphatic heterocycles. The lowest BCUT2D eigenvalue weighted by atomic mass is 9.51. The molecular weight excluding hydrogens is 729 g/mol. The smallest absolute Gasteiger partial charge is 0.245 e. The second-order valence-electron chi connectivity index (χ2n) is 17.6. The van der Waals surface area contributed by atoms with Crippen LogP contribution in [0.2, 0.25) is 0 Å². The summed E-state index contributed by atoms with van der Waals surface area (Å²) >= 11 is 0. The topological polar surface area (TPSA) is 219 Å². The van der Waals surface area contributed by atoms with Gasteiger partial charge in [0.05, 0.1) is 25.2 Å². The third-order valence-electron chi connectivity index (χ3n) is 12.9. The first-order valence-corrected chi connectivity index (χ1v) is 22.2. The average molecular weight is 805 g/mol. The molecule has 1 heterocycles. The second kappa shape index (κ2) is 23.7. The molecule has 0 unspecified atom stereocenters. The summed E-state index contributed by atoms with van der Waals surface area (Å²) < 4.78 is 12.4. The van der Waals surface area contributed by atoms with Gasteiger partial charge in [0, 0.05) is 26.2 Å².